The van der Waals surface area contributed by atoms with Gasteiger partial charge in [-0.3, -0.25) is 9.69 Å². The minimum atomic E-state index is 0.0444. The van der Waals surface area contributed by atoms with Gasteiger partial charge < -0.3 is 4.74 Å². The summed E-state index contributed by atoms with van der Waals surface area (Å²) in [5.74, 6) is 1.70. The minimum Gasteiger partial charge on any atom is -0.497 e. The fraction of sp³-hybridized carbons (Fsp3) is 0.400. The van der Waals surface area contributed by atoms with Gasteiger partial charge in [-0.2, -0.15) is 0 Å². The quantitative estimate of drug-likeness (QED) is 0.598. The molecule has 1 aromatic carbocycles. The van der Waals surface area contributed by atoms with Crippen molar-refractivity contribution in [2.24, 2.45) is 0 Å². The molecule has 0 spiro atoms. The summed E-state index contributed by atoms with van der Waals surface area (Å²) >= 11 is 3.11. The summed E-state index contributed by atoms with van der Waals surface area (Å²) in [6.07, 6.45) is 2.12. The Balaban J connectivity index is 1.65. The zero-order valence-electron chi connectivity index (χ0n) is 12.5. The van der Waals surface area contributed by atoms with Crippen LogP contribution in [0.25, 0.3) is 0 Å². The number of anilines is 1. The first-order valence-electron chi connectivity index (χ1n) is 7.06. The number of ether oxygens (including phenoxy) is 1. The van der Waals surface area contributed by atoms with Gasteiger partial charge in [0.1, 0.15) is 5.75 Å². The van der Waals surface area contributed by atoms with Gasteiger partial charge in [0.25, 0.3) is 0 Å². The molecule has 116 valence electrons. The van der Waals surface area contributed by atoms with E-state index >= 15 is 0 Å². The number of aromatic nitrogens is 2. The molecule has 1 aliphatic carbocycles. The average molecular weight is 335 g/mol. The third-order valence-electron chi connectivity index (χ3n) is 3.35. The second-order valence-electron chi connectivity index (χ2n) is 5.11. The highest BCUT2D eigenvalue weighted by atomic mass is 32.2. The molecule has 5 nitrogen and oxygen atoms in total. The van der Waals surface area contributed by atoms with Crippen molar-refractivity contribution in [3.05, 3.63) is 29.8 Å². The minimum absolute atomic E-state index is 0.0444. The molecular formula is C15H17N3O2S2. The van der Waals surface area contributed by atoms with E-state index < -0.39 is 0 Å². The highest BCUT2D eigenvalue weighted by Crippen LogP contribution is 2.36. The lowest BCUT2D eigenvalue weighted by Gasteiger charge is -2.15. The smallest absolute Gasteiger partial charge is 0.225 e. The highest BCUT2D eigenvalue weighted by Gasteiger charge is 2.34. The van der Waals surface area contributed by atoms with E-state index in [0.717, 1.165) is 28.7 Å². The Kier molecular flexibility index (Phi) is 4.63. The summed E-state index contributed by atoms with van der Waals surface area (Å²) < 4.78 is 6.10. The number of rotatable bonds is 6. The Hall–Kier alpha value is -1.60. The largest absolute Gasteiger partial charge is 0.497 e. The molecule has 1 heterocycles. The van der Waals surface area contributed by atoms with Crippen molar-refractivity contribution in [1.29, 1.82) is 0 Å². The number of hydrogen-bond acceptors (Lipinski definition) is 6. The van der Waals surface area contributed by atoms with Crippen LogP contribution in [0.2, 0.25) is 0 Å². The van der Waals surface area contributed by atoms with Gasteiger partial charge in [0.2, 0.25) is 11.0 Å². The second kappa shape index (κ2) is 6.66. The molecule has 2 aromatic rings. The maximum absolute atomic E-state index is 11.7. The third-order valence-corrected chi connectivity index (χ3v) is 5.48. The van der Waals surface area contributed by atoms with Crippen LogP contribution in [0.1, 0.15) is 25.3 Å². The molecule has 22 heavy (non-hydrogen) atoms. The molecule has 0 bridgehead atoms. The molecule has 0 radical (unpaired) electrons. The number of hydrogen-bond donors (Lipinski definition) is 0. The molecule has 0 saturated heterocycles. The van der Waals surface area contributed by atoms with Crippen LogP contribution in [0.4, 0.5) is 5.13 Å². The lowest BCUT2D eigenvalue weighted by atomic mass is 10.2. The summed E-state index contributed by atoms with van der Waals surface area (Å²) in [7, 11) is 1.66. The fourth-order valence-electron chi connectivity index (χ4n) is 2.15. The molecule has 3 rings (SSSR count). The van der Waals surface area contributed by atoms with E-state index in [1.807, 2.05) is 18.2 Å². The van der Waals surface area contributed by atoms with Gasteiger partial charge in [-0.25, -0.2) is 0 Å². The predicted octanol–water partition coefficient (Wildman–Crippen LogP) is 3.35. The number of amides is 1. The highest BCUT2D eigenvalue weighted by molar-refractivity contribution is 8.00. The molecule has 0 N–H and O–H groups in total. The topological polar surface area (TPSA) is 55.3 Å². The molecule has 1 amide bonds. The molecule has 1 fully saturated rings. The lowest BCUT2D eigenvalue weighted by molar-refractivity contribution is -0.116. The van der Waals surface area contributed by atoms with Gasteiger partial charge in [0.05, 0.1) is 7.11 Å². The van der Waals surface area contributed by atoms with E-state index in [-0.39, 0.29) is 5.91 Å². The van der Waals surface area contributed by atoms with Crippen LogP contribution < -0.4 is 9.64 Å². The maximum Gasteiger partial charge on any atom is 0.225 e. The average Bonchev–Trinajstić information content (AvgIpc) is 3.23. The van der Waals surface area contributed by atoms with Gasteiger partial charge in [0, 0.05) is 18.7 Å². The molecule has 0 aliphatic heterocycles. The van der Waals surface area contributed by atoms with E-state index in [4.69, 9.17) is 4.74 Å². The molecule has 1 aliphatic rings. The number of carbonyl (C=O) groups excluding carboxylic acids is 1. The Morgan fingerprint density at radius 3 is 2.95 bits per heavy atom. The van der Waals surface area contributed by atoms with E-state index in [2.05, 4.69) is 16.3 Å². The van der Waals surface area contributed by atoms with Crippen LogP contribution in [0, 0.1) is 0 Å². The van der Waals surface area contributed by atoms with E-state index in [9.17, 15) is 4.79 Å². The van der Waals surface area contributed by atoms with E-state index in [1.54, 1.807) is 30.7 Å². The lowest BCUT2D eigenvalue weighted by Crippen LogP contribution is -2.30. The normalized spacial score (nSPS) is 13.9. The molecule has 0 unspecified atom stereocenters. The van der Waals surface area contributed by atoms with Crippen molar-refractivity contribution in [2.45, 2.75) is 35.9 Å². The number of nitrogens with zero attached hydrogens (tertiary/aromatic N) is 3. The molecule has 7 heteroatoms. The second-order valence-corrected chi connectivity index (χ2v) is 7.29. The Labute approximate surface area is 137 Å². The van der Waals surface area contributed by atoms with Crippen LogP contribution in [0.5, 0.6) is 5.75 Å². The van der Waals surface area contributed by atoms with Crippen molar-refractivity contribution in [3.8, 4) is 5.75 Å². The zero-order valence-corrected chi connectivity index (χ0v) is 14.1. The van der Waals surface area contributed by atoms with Crippen molar-refractivity contribution < 1.29 is 9.53 Å². The monoisotopic (exact) mass is 335 g/mol. The van der Waals surface area contributed by atoms with Crippen LogP contribution in [0.3, 0.4) is 0 Å². The first-order chi connectivity index (χ1) is 10.7. The van der Waals surface area contributed by atoms with Crippen LogP contribution in [0.15, 0.2) is 28.6 Å². The number of carbonyl (C=O) groups is 1. The third kappa shape index (κ3) is 3.59. The number of thioether (sulfide) groups is 1. The Morgan fingerprint density at radius 2 is 2.27 bits per heavy atom. The summed E-state index contributed by atoms with van der Waals surface area (Å²) in [4.78, 5) is 13.5. The van der Waals surface area contributed by atoms with E-state index in [1.165, 1.54) is 16.9 Å². The van der Waals surface area contributed by atoms with Crippen molar-refractivity contribution in [2.75, 3.05) is 12.0 Å². The summed E-state index contributed by atoms with van der Waals surface area (Å²) in [6, 6.07) is 8.30. The maximum atomic E-state index is 11.7. The Morgan fingerprint density at radius 1 is 1.45 bits per heavy atom. The predicted molar refractivity (Wildman–Crippen MR) is 88.6 cm³/mol. The Bertz CT molecular complexity index is 670. The van der Waals surface area contributed by atoms with Gasteiger partial charge in [-0.1, -0.05) is 35.2 Å². The number of benzene rings is 1. The van der Waals surface area contributed by atoms with Gasteiger partial charge in [-0.15, -0.1) is 10.2 Å². The van der Waals surface area contributed by atoms with Crippen molar-refractivity contribution in [1.82, 2.24) is 10.2 Å². The SMILES string of the molecule is COc1cccc(CSc2nnc(N(C(C)=O)C3CC3)s2)c1. The van der Waals surface area contributed by atoms with Gasteiger partial charge in [0.15, 0.2) is 4.34 Å². The van der Waals surface area contributed by atoms with E-state index in [0.29, 0.717) is 11.2 Å². The molecule has 1 aromatic heterocycles. The van der Waals surface area contributed by atoms with Crippen LogP contribution in [-0.2, 0) is 10.5 Å². The summed E-state index contributed by atoms with van der Waals surface area (Å²) in [5.41, 5.74) is 1.17. The first-order valence-corrected chi connectivity index (χ1v) is 8.86. The first kappa shape index (κ1) is 15.3. The van der Waals surface area contributed by atoms with Crippen molar-refractivity contribution in [3.63, 3.8) is 0 Å². The standard InChI is InChI=1S/C15H17N3O2S2/c1-10(19)18(12-6-7-12)14-16-17-15(22-14)21-9-11-4-3-5-13(8-11)20-2/h3-5,8,12H,6-7,9H2,1-2H3. The zero-order chi connectivity index (χ0) is 15.5. The summed E-state index contributed by atoms with van der Waals surface area (Å²) in [6.45, 7) is 1.59. The molecule has 0 atom stereocenters. The van der Waals surface area contributed by atoms with Gasteiger partial charge in [-0.05, 0) is 30.5 Å². The van der Waals surface area contributed by atoms with Gasteiger partial charge >= 0.3 is 0 Å². The van der Waals surface area contributed by atoms with Crippen molar-refractivity contribution >= 4 is 34.1 Å². The fourth-order valence-corrected chi connectivity index (χ4v) is 4.05. The number of methoxy groups -OCH3 is 1. The van der Waals surface area contributed by atoms with Crippen LogP contribution >= 0.6 is 23.1 Å². The van der Waals surface area contributed by atoms with Crippen LogP contribution in [-0.4, -0.2) is 29.3 Å². The molecule has 1 saturated carbocycles. The molecular weight excluding hydrogens is 318 g/mol. The summed E-state index contributed by atoms with van der Waals surface area (Å²) in [5, 5.41) is 9.08.